The van der Waals surface area contributed by atoms with Gasteiger partial charge in [0.05, 0.1) is 10.5 Å². The van der Waals surface area contributed by atoms with Crippen molar-refractivity contribution in [3.05, 3.63) is 65.7 Å². The van der Waals surface area contributed by atoms with Gasteiger partial charge < -0.3 is 10.1 Å². The number of sulfone groups is 1. The Hall–Kier alpha value is -2.67. The number of amides is 1. The summed E-state index contributed by atoms with van der Waals surface area (Å²) in [6.45, 7) is 1.85. The predicted molar refractivity (Wildman–Crippen MR) is 97.6 cm³/mol. The molecule has 26 heavy (non-hydrogen) atoms. The Morgan fingerprint density at radius 2 is 1.65 bits per heavy atom. The minimum absolute atomic E-state index is 0.0843. The lowest BCUT2D eigenvalue weighted by atomic mass is 10.1. The summed E-state index contributed by atoms with van der Waals surface area (Å²) in [5.74, 6) is -1.29. The van der Waals surface area contributed by atoms with Crippen LogP contribution in [0.3, 0.4) is 0 Å². The van der Waals surface area contributed by atoms with Gasteiger partial charge in [-0.2, -0.15) is 0 Å². The molecule has 0 aromatic heterocycles. The van der Waals surface area contributed by atoms with Crippen LogP contribution in [-0.2, 0) is 25.8 Å². The summed E-state index contributed by atoms with van der Waals surface area (Å²) in [7, 11) is -3.58. The number of hydrogen-bond donors (Lipinski definition) is 1. The third-order valence-corrected chi connectivity index (χ3v) is 4.87. The van der Waals surface area contributed by atoms with E-state index in [1.54, 1.807) is 0 Å². The first kappa shape index (κ1) is 19.7. The van der Waals surface area contributed by atoms with Crippen molar-refractivity contribution in [1.29, 1.82) is 0 Å². The van der Waals surface area contributed by atoms with Gasteiger partial charge in [-0.1, -0.05) is 42.5 Å². The largest absolute Gasteiger partial charge is 0.449 e. The maximum Gasteiger partial charge on any atom is 0.340 e. The van der Waals surface area contributed by atoms with Crippen LogP contribution in [0.4, 0.5) is 0 Å². The van der Waals surface area contributed by atoms with Crippen molar-refractivity contribution in [2.45, 2.75) is 24.3 Å². The summed E-state index contributed by atoms with van der Waals surface area (Å²) < 4.78 is 28.7. The molecule has 0 saturated heterocycles. The van der Waals surface area contributed by atoms with Crippen molar-refractivity contribution >= 4 is 21.7 Å². The number of ether oxygens (including phenoxy) is 1. The first-order chi connectivity index (χ1) is 12.3. The normalized spacial score (nSPS) is 12.2. The number of hydrogen-bond acceptors (Lipinski definition) is 5. The SMILES string of the molecule is C[C@H](OC(=O)c1ccccc1S(C)(=O)=O)C(=O)NCCc1ccccc1. The summed E-state index contributed by atoms with van der Waals surface area (Å²) in [4.78, 5) is 24.2. The van der Waals surface area contributed by atoms with Gasteiger partial charge in [0.1, 0.15) is 0 Å². The fraction of sp³-hybridized carbons (Fsp3) is 0.263. The molecule has 1 atom stereocenters. The van der Waals surface area contributed by atoms with Gasteiger partial charge in [0.15, 0.2) is 15.9 Å². The Morgan fingerprint density at radius 3 is 2.31 bits per heavy atom. The van der Waals surface area contributed by atoms with Crippen molar-refractivity contribution in [3.63, 3.8) is 0 Å². The van der Waals surface area contributed by atoms with Gasteiger partial charge in [-0.3, -0.25) is 4.79 Å². The number of benzene rings is 2. The molecule has 2 aromatic rings. The molecule has 0 aliphatic heterocycles. The maximum atomic E-state index is 12.3. The predicted octanol–water partition coefficient (Wildman–Crippen LogP) is 1.99. The van der Waals surface area contributed by atoms with Crippen molar-refractivity contribution in [2.75, 3.05) is 12.8 Å². The second kappa shape index (κ2) is 8.62. The van der Waals surface area contributed by atoms with Gasteiger partial charge in [0.2, 0.25) is 0 Å². The van der Waals surface area contributed by atoms with Gasteiger partial charge in [-0.05, 0) is 31.0 Å². The van der Waals surface area contributed by atoms with E-state index in [-0.39, 0.29) is 10.5 Å². The van der Waals surface area contributed by atoms with Crippen LogP contribution in [0.5, 0.6) is 0 Å². The van der Waals surface area contributed by atoms with E-state index in [1.807, 2.05) is 30.3 Å². The lowest BCUT2D eigenvalue weighted by molar-refractivity contribution is -0.129. The fourth-order valence-electron chi connectivity index (χ4n) is 2.35. The molecule has 0 heterocycles. The van der Waals surface area contributed by atoms with E-state index in [0.29, 0.717) is 13.0 Å². The average Bonchev–Trinajstić information content (AvgIpc) is 2.61. The monoisotopic (exact) mass is 375 g/mol. The topological polar surface area (TPSA) is 89.5 Å². The van der Waals surface area contributed by atoms with Crippen molar-refractivity contribution in [1.82, 2.24) is 5.32 Å². The first-order valence-electron chi connectivity index (χ1n) is 8.10. The lowest BCUT2D eigenvalue weighted by Gasteiger charge is -2.14. The highest BCUT2D eigenvalue weighted by molar-refractivity contribution is 7.90. The van der Waals surface area contributed by atoms with E-state index in [0.717, 1.165) is 11.8 Å². The highest BCUT2D eigenvalue weighted by Crippen LogP contribution is 2.17. The highest BCUT2D eigenvalue weighted by atomic mass is 32.2. The average molecular weight is 375 g/mol. The van der Waals surface area contributed by atoms with Gasteiger partial charge in [-0.15, -0.1) is 0 Å². The zero-order valence-corrected chi connectivity index (χ0v) is 15.5. The van der Waals surface area contributed by atoms with Crippen LogP contribution >= 0.6 is 0 Å². The van der Waals surface area contributed by atoms with E-state index in [9.17, 15) is 18.0 Å². The van der Waals surface area contributed by atoms with E-state index in [1.165, 1.54) is 31.2 Å². The van der Waals surface area contributed by atoms with E-state index in [4.69, 9.17) is 4.74 Å². The molecule has 0 radical (unpaired) electrons. The molecule has 6 nitrogen and oxygen atoms in total. The molecule has 2 rings (SSSR count). The summed E-state index contributed by atoms with van der Waals surface area (Å²) >= 11 is 0. The Morgan fingerprint density at radius 1 is 1.04 bits per heavy atom. The minimum atomic E-state index is -3.58. The molecular formula is C19H21NO5S. The molecule has 7 heteroatoms. The summed E-state index contributed by atoms with van der Waals surface area (Å²) in [5.41, 5.74) is 0.999. The molecule has 0 aliphatic carbocycles. The molecule has 1 amide bonds. The molecule has 138 valence electrons. The highest BCUT2D eigenvalue weighted by Gasteiger charge is 2.23. The maximum absolute atomic E-state index is 12.3. The van der Waals surface area contributed by atoms with Crippen molar-refractivity contribution in [2.24, 2.45) is 0 Å². The van der Waals surface area contributed by atoms with Gasteiger partial charge >= 0.3 is 5.97 Å². The van der Waals surface area contributed by atoms with E-state index < -0.39 is 27.8 Å². The van der Waals surface area contributed by atoms with Crippen LogP contribution in [0.15, 0.2) is 59.5 Å². The summed E-state index contributed by atoms with van der Waals surface area (Å²) in [6, 6.07) is 15.4. The van der Waals surface area contributed by atoms with Crippen LogP contribution in [0.1, 0.15) is 22.8 Å². The first-order valence-corrected chi connectivity index (χ1v) is 10.00. The molecule has 0 aliphatic rings. The fourth-order valence-corrected chi connectivity index (χ4v) is 3.23. The third-order valence-electron chi connectivity index (χ3n) is 3.72. The van der Waals surface area contributed by atoms with Gasteiger partial charge in [0.25, 0.3) is 5.91 Å². The lowest BCUT2D eigenvalue weighted by Crippen LogP contribution is -2.37. The van der Waals surface area contributed by atoms with Gasteiger partial charge in [0, 0.05) is 12.8 Å². The van der Waals surface area contributed by atoms with Gasteiger partial charge in [-0.25, -0.2) is 13.2 Å². The standard InChI is InChI=1S/C19H21NO5S/c1-14(18(21)20-13-12-15-8-4-3-5-9-15)25-19(22)16-10-6-7-11-17(16)26(2,23)24/h3-11,14H,12-13H2,1-2H3,(H,20,21)/t14-/m0/s1. The van der Waals surface area contributed by atoms with Crippen molar-refractivity contribution in [3.8, 4) is 0 Å². The molecule has 0 bridgehead atoms. The third kappa shape index (κ3) is 5.42. The second-order valence-corrected chi connectivity index (χ2v) is 7.83. The Kier molecular flexibility index (Phi) is 6.52. The van der Waals surface area contributed by atoms with E-state index >= 15 is 0 Å². The number of carbonyl (C=O) groups excluding carboxylic acids is 2. The number of carbonyl (C=O) groups is 2. The molecule has 0 spiro atoms. The van der Waals surface area contributed by atoms with Crippen molar-refractivity contribution < 1.29 is 22.7 Å². The Bertz CT molecular complexity index is 878. The molecule has 0 saturated carbocycles. The minimum Gasteiger partial charge on any atom is -0.449 e. The quantitative estimate of drug-likeness (QED) is 0.748. The van der Waals surface area contributed by atoms with Crippen LogP contribution < -0.4 is 5.32 Å². The van der Waals surface area contributed by atoms with Crippen LogP contribution in [0.25, 0.3) is 0 Å². The number of esters is 1. The van der Waals surface area contributed by atoms with E-state index in [2.05, 4.69) is 5.32 Å². The van der Waals surface area contributed by atoms with Crippen LogP contribution in [0, 0.1) is 0 Å². The number of rotatable bonds is 7. The molecule has 2 aromatic carbocycles. The molecule has 0 fully saturated rings. The zero-order chi connectivity index (χ0) is 19.2. The smallest absolute Gasteiger partial charge is 0.340 e. The molecule has 1 N–H and O–H groups in total. The van der Waals surface area contributed by atoms with Crippen LogP contribution in [0.2, 0.25) is 0 Å². The Balaban J connectivity index is 1.93. The molecular weight excluding hydrogens is 354 g/mol. The second-order valence-electron chi connectivity index (χ2n) is 5.84. The number of nitrogens with one attached hydrogen (secondary N) is 1. The summed E-state index contributed by atoms with van der Waals surface area (Å²) in [6.07, 6.45) is 0.633. The summed E-state index contributed by atoms with van der Waals surface area (Å²) in [5, 5.41) is 2.70. The van der Waals surface area contributed by atoms with Crippen LogP contribution in [-0.4, -0.2) is 39.2 Å². The molecule has 0 unspecified atom stereocenters. The Labute approximate surface area is 153 Å². The zero-order valence-electron chi connectivity index (χ0n) is 14.6.